The molecule has 0 aliphatic heterocycles. The first kappa shape index (κ1) is 27.9. The van der Waals surface area contributed by atoms with Crippen LogP contribution in [0.3, 0.4) is 0 Å². The molecule has 0 bridgehead atoms. The number of hydrogen-bond acceptors (Lipinski definition) is 7. The van der Waals surface area contributed by atoms with E-state index in [0.29, 0.717) is 34.0 Å². The number of nitrogens with zero attached hydrogens (tertiary/aromatic N) is 4. The summed E-state index contributed by atoms with van der Waals surface area (Å²) in [6.45, 7) is 13.4. The molecule has 200 valence electrons. The fourth-order valence-corrected chi connectivity index (χ4v) is 6.64. The highest BCUT2D eigenvalue weighted by Gasteiger charge is 2.26. The second kappa shape index (κ2) is 12.2. The average molecular weight is 550 g/mol. The number of nitriles is 1. The average Bonchev–Trinajstić information content (AvgIpc) is 3.45. The molecule has 38 heavy (non-hydrogen) atoms. The number of rotatable bonds is 10. The maximum absolute atomic E-state index is 12.8. The molecule has 1 atom stereocenters. The Morgan fingerprint density at radius 3 is 2.76 bits per heavy atom. The molecular formula is C29H35N5O2S2. The standard InChI is InChI=1S/C29H35N5O2S2/c1-6-14-34-25(17-36-21-11-9-20(10-12-21)29(3,4)5)32-33-28(34)37-18-26(35)31-27-23(16-30)22-13-8-19(7-2)15-24(22)38-27/h6,9-12,19H,1,7-8,13-15,17-18H2,2-5H3,(H,31,35). The molecule has 1 aliphatic rings. The van der Waals surface area contributed by atoms with Crippen molar-refractivity contribution >= 4 is 34.0 Å². The third kappa shape index (κ3) is 6.48. The van der Waals surface area contributed by atoms with E-state index < -0.39 is 0 Å². The molecular weight excluding hydrogens is 514 g/mol. The lowest BCUT2D eigenvalue weighted by Gasteiger charge is -2.20. The summed E-state index contributed by atoms with van der Waals surface area (Å²) in [5.41, 5.74) is 3.07. The van der Waals surface area contributed by atoms with Gasteiger partial charge in [-0.15, -0.1) is 28.1 Å². The van der Waals surface area contributed by atoms with Gasteiger partial charge >= 0.3 is 0 Å². The lowest BCUT2D eigenvalue weighted by atomic mass is 9.86. The highest BCUT2D eigenvalue weighted by molar-refractivity contribution is 7.99. The number of carbonyl (C=O) groups excluding carboxylic acids is 1. The summed E-state index contributed by atoms with van der Waals surface area (Å²) < 4.78 is 7.88. The number of nitrogens with one attached hydrogen (secondary N) is 1. The maximum Gasteiger partial charge on any atom is 0.235 e. The SMILES string of the molecule is C=CCn1c(COc2ccc(C(C)(C)C)cc2)nnc1SCC(=O)Nc1sc2c(c1C#N)CCC(CC)C2. The van der Waals surface area contributed by atoms with Gasteiger partial charge in [-0.1, -0.05) is 64.1 Å². The summed E-state index contributed by atoms with van der Waals surface area (Å²) in [5.74, 6) is 2.08. The van der Waals surface area contributed by atoms with Crippen molar-refractivity contribution in [3.8, 4) is 11.8 Å². The molecule has 2 aromatic heterocycles. The highest BCUT2D eigenvalue weighted by atomic mass is 32.2. The normalized spacial score (nSPS) is 15.0. The third-order valence-corrected chi connectivity index (χ3v) is 8.97. The van der Waals surface area contributed by atoms with Crippen LogP contribution in [-0.2, 0) is 36.2 Å². The number of thioether (sulfide) groups is 1. The van der Waals surface area contributed by atoms with Crippen molar-refractivity contribution in [3.63, 3.8) is 0 Å². The molecule has 7 nitrogen and oxygen atoms in total. The number of anilines is 1. The van der Waals surface area contributed by atoms with E-state index in [1.807, 2.05) is 16.7 Å². The van der Waals surface area contributed by atoms with E-state index in [-0.39, 0.29) is 23.7 Å². The Bertz CT molecular complexity index is 1330. The zero-order valence-corrected chi connectivity index (χ0v) is 24.2. The Morgan fingerprint density at radius 1 is 1.34 bits per heavy atom. The molecule has 3 aromatic rings. The van der Waals surface area contributed by atoms with Gasteiger partial charge in [0.2, 0.25) is 5.91 Å². The molecule has 0 saturated carbocycles. The maximum atomic E-state index is 12.8. The van der Waals surface area contributed by atoms with Crippen LogP contribution >= 0.6 is 23.1 Å². The quantitative estimate of drug-likeness (QED) is 0.229. The van der Waals surface area contributed by atoms with Crippen molar-refractivity contribution in [2.45, 2.75) is 77.1 Å². The monoisotopic (exact) mass is 549 g/mol. The van der Waals surface area contributed by atoms with Crippen molar-refractivity contribution in [2.24, 2.45) is 5.92 Å². The molecule has 1 N–H and O–H groups in total. The van der Waals surface area contributed by atoms with Crippen molar-refractivity contribution in [2.75, 3.05) is 11.1 Å². The van der Waals surface area contributed by atoms with Gasteiger partial charge in [-0.3, -0.25) is 9.36 Å². The number of hydrogen-bond donors (Lipinski definition) is 1. The van der Waals surface area contributed by atoms with Crippen LogP contribution in [0.15, 0.2) is 42.1 Å². The lowest BCUT2D eigenvalue weighted by molar-refractivity contribution is -0.113. The van der Waals surface area contributed by atoms with Crippen molar-refractivity contribution in [3.05, 3.63) is 64.3 Å². The molecule has 1 amide bonds. The van der Waals surface area contributed by atoms with Gasteiger partial charge in [-0.05, 0) is 53.9 Å². The van der Waals surface area contributed by atoms with Crippen LogP contribution in [0.2, 0.25) is 0 Å². The molecule has 0 saturated heterocycles. The Labute approximate surface area is 233 Å². The smallest absolute Gasteiger partial charge is 0.235 e. The van der Waals surface area contributed by atoms with E-state index in [1.54, 1.807) is 17.4 Å². The lowest BCUT2D eigenvalue weighted by Crippen LogP contribution is -2.15. The Balaban J connectivity index is 1.38. The van der Waals surface area contributed by atoms with Crippen LogP contribution in [0.1, 0.15) is 67.9 Å². The summed E-state index contributed by atoms with van der Waals surface area (Å²) in [7, 11) is 0. The van der Waals surface area contributed by atoms with Gasteiger partial charge in [0, 0.05) is 11.4 Å². The first-order valence-corrected chi connectivity index (χ1v) is 14.8. The van der Waals surface area contributed by atoms with E-state index >= 15 is 0 Å². The summed E-state index contributed by atoms with van der Waals surface area (Å²) in [5, 5.41) is 22.6. The minimum Gasteiger partial charge on any atom is -0.486 e. The van der Waals surface area contributed by atoms with Crippen LogP contribution in [0.5, 0.6) is 5.75 Å². The van der Waals surface area contributed by atoms with Crippen LogP contribution in [-0.4, -0.2) is 26.4 Å². The van der Waals surface area contributed by atoms with E-state index in [1.165, 1.54) is 22.2 Å². The zero-order chi connectivity index (χ0) is 27.3. The van der Waals surface area contributed by atoms with Gasteiger partial charge in [0.05, 0.1) is 11.3 Å². The van der Waals surface area contributed by atoms with Gasteiger partial charge in [0.25, 0.3) is 0 Å². The largest absolute Gasteiger partial charge is 0.486 e. The summed E-state index contributed by atoms with van der Waals surface area (Å²) in [6, 6.07) is 10.4. The van der Waals surface area contributed by atoms with Crippen molar-refractivity contribution in [1.82, 2.24) is 14.8 Å². The number of allylic oxidation sites excluding steroid dienone is 1. The molecule has 1 unspecified atom stereocenters. The number of ether oxygens (including phenoxy) is 1. The fourth-order valence-electron chi connectivity index (χ4n) is 4.55. The highest BCUT2D eigenvalue weighted by Crippen LogP contribution is 2.40. The minimum absolute atomic E-state index is 0.0816. The molecule has 0 radical (unpaired) electrons. The van der Waals surface area contributed by atoms with E-state index in [4.69, 9.17) is 4.74 Å². The molecule has 9 heteroatoms. The second-order valence-electron chi connectivity index (χ2n) is 10.5. The number of carbonyl (C=O) groups is 1. The predicted molar refractivity (Wildman–Crippen MR) is 154 cm³/mol. The van der Waals surface area contributed by atoms with Crippen LogP contribution < -0.4 is 10.1 Å². The first-order chi connectivity index (χ1) is 18.2. The van der Waals surface area contributed by atoms with E-state index in [0.717, 1.165) is 37.0 Å². The minimum atomic E-state index is -0.165. The number of fused-ring (bicyclic) bond motifs is 1. The Kier molecular flexibility index (Phi) is 8.95. The molecule has 1 aliphatic carbocycles. The number of benzene rings is 1. The van der Waals surface area contributed by atoms with Gasteiger partial charge < -0.3 is 10.1 Å². The van der Waals surface area contributed by atoms with E-state index in [9.17, 15) is 10.1 Å². The predicted octanol–water partition coefficient (Wildman–Crippen LogP) is 6.52. The summed E-state index contributed by atoms with van der Waals surface area (Å²) >= 11 is 2.86. The second-order valence-corrected chi connectivity index (χ2v) is 12.6. The fraction of sp³-hybridized carbons (Fsp3) is 0.448. The van der Waals surface area contributed by atoms with Crippen LogP contribution in [0.25, 0.3) is 0 Å². The topological polar surface area (TPSA) is 92.8 Å². The number of aromatic nitrogens is 3. The summed E-state index contributed by atoms with van der Waals surface area (Å²) in [6.07, 6.45) is 5.92. The number of amides is 1. The van der Waals surface area contributed by atoms with Crippen LogP contribution in [0.4, 0.5) is 5.00 Å². The zero-order valence-electron chi connectivity index (χ0n) is 22.5. The van der Waals surface area contributed by atoms with Gasteiger partial charge in [-0.2, -0.15) is 5.26 Å². The van der Waals surface area contributed by atoms with Gasteiger partial charge in [0.1, 0.15) is 23.4 Å². The van der Waals surface area contributed by atoms with Crippen molar-refractivity contribution < 1.29 is 9.53 Å². The Hall–Kier alpha value is -3.09. The first-order valence-electron chi connectivity index (χ1n) is 13.0. The third-order valence-electron chi connectivity index (χ3n) is 6.84. The Morgan fingerprint density at radius 2 is 2.11 bits per heavy atom. The van der Waals surface area contributed by atoms with Gasteiger partial charge in [0.15, 0.2) is 11.0 Å². The molecule has 1 aromatic carbocycles. The molecule has 0 fully saturated rings. The molecule has 2 heterocycles. The molecule has 0 spiro atoms. The summed E-state index contributed by atoms with van der Waals surface area (Å²) in [4.78, 5) is 14.1. The van der Waals surface area contributed by atoms with Gasteiger partial charge in [-0.25, -0.2) is 0 Å². The van der Waals surface area contributed by atoms with Crippen molar-refractivity contribution in [1.29, 1.82) is 5.26 Å². The van der Waals surface area contributed by atoms with E-state index in [2.05, 4.69) is 68.0 Å². The number of thiophene rings is 1. The van der Waals surface area contributed by atoms with Crippen LogP contribution in [0, 0.1) is 17.2 Å². The molecule has 4 rings (SSSR count).